The van der Waals surface area contributed by atoms with Gasteiger partial charge in [-0.25, -0.2) is 9.37 Å². The lowest BCUT2D eigenvalue weighted by Crippen LogP contribution is -2.35. The van der Waals surface area contributed by atoms with Crippen molar-refractivity contribution in [2.45, 2.75) is 46.1 Å². The van der Waals surface area contributed by atoms with Crippen molar-refractivity contribution in [1.29, 1.82) is 0 Å². The van der Waals surface area contributed by atoms with Gasteiger partial charge in [0.1, 0.15) is 11.7 Å². The third-order valence-electron chi connectivity index (χ3n) is 5.30. The van der Waals surface area contributed by atoms with Gasteiger partial charge < -0.3 is 0 Å². The van der Waals surface area contributed by atoms with E-state index in [1.165, 1.54) is 0 Å². The summed E-state index contributed by atoms with van der Waals surface area (Å²) in [5, 5.41) is 0.647. The van der Waals surface area contributed by atoms with Crippen LogP contribution >= 0.6 is 0 Å². The number of allylic oxidation sites excluding steroid dienone is 5. The molecular formula is C22H23FN2O. The molecule has 0 N–H and O–H groups in total. The van der Waals surface area contributed by atoms with E-state index in [9.17, 15) is 9.18 Å². The average Bonchev–Trinajstić information content (AvgIpc) is 2.60. The third kappa shape index (κ3) is 3.16. The molecule has 2 aromatic rings. The van der Waals surface area contributed by atoms with Gasteiger partial charge in [0, 0.05) is 25.0 Å². The Morgan fingerprint density at radius 1 is 1.27 bits per heavy atom. The number of halogens is 1. The van der Waals surface area contributed by atoms with E-state index in [0.29, 0.717) is 17.4 Å². The molecule has 1 aliphatic heterocycles. The third-order valence-corrected chi connectivity index (χ3v) is 5.30. The summed E-state index contributed by atoms with van der Waals surface area (Å²) in [4.78, 5) is 17.6. The maximum absolute atomic E-state index is 13.8. The second-order valence-corrected chi connectivity index (χ2v) is 7.99. The quantitative estimate of drug-likeness (QED) is 0.767. The summed E-state index contributed by atoms with van der Waals surface area (Å²) in [7, 11) is 0. The van der Waals surface area contributed by atoms with Gasteiger partial charge in [0.25, 0.3) is 5.56 Å². The first-order chi connectivity index (χ1) is 12.4. The van der Waals surface area contributed by atoms with Crippen LogP contribution in [0, 0.1) is 5.41 Å². The highest BCUT2D eigenvalue weighted by Crippen LogP contribution is 2.30. The molecule has 3 nitrogen and oxygen atoms in total. The standard InChI is InChI=1S/C22H23FN2O/c1-22(2)11-12-25-20(14-22)24-19-13-15(8-10-17(19)21(25)26)7-9-16-5-3-4-6-18(16)23/h3,5,7-10,13H,4,6,11-12,14H2,1-2H3/b9-7+. The minimum absolute atomic E-state index is 0.0417. The van der Waals surface area contributed by atoms with E-state index in [0.717, 1.165) is 42.7 Å². The molecular weight excluding hydrogens is 327 g/mol. The molecule has 0 atom stereocenters. The Kier molecular flexibility index (Phi) is 4.14. The molecule has 0 saturated carbocycles. The zero-order valence-electron chi connectivity index (χ0n) is 15.3. The largest absolute Gasteiger partial charge is 0.296 e. The lowest BCUT2D eigenvalue weighted by Gasteiger charge is -2.31. The fourth-order valence-electron chi connectivity index (χ4n) is 3.67. The monoisotopic (exact) mass is 350 g/mol. The van der Waals surface area contributed by atoms with Crippen LogP contribution in [-0.4, -0.2) is 9.55 Å². The maximum Gasteiger partial charge on any atom is 0.261 e. The molecule has 26 heavy (non-hydrogen) atoms. The molecule has 1 aliphatic carbocycles. The minimum atomic E-state index is -0.0720. The molecule has 2 heterocycles. The van der Waals surface area contributed by atoms with Crippen LogP contribution < -0.4 is 5.56 Å². The summed E-state index contributed by atoms with van der Waals surface area (Å²) in [6.45, 7) is 5.16. The smallest absolute Gasteiger partial charge is 0.261 e. The first-order valence-corrected chi connectivity index (χ1v) is 9.20. The van der Waals surface area contributed by atoms with Crippen LogP contribution in [0.4, 0.5) is 4.39 Å². The van der Waals surface area contributed by atoms with Crippen LogP contribution in [0.5, 0.6) is 0 Å². The fourth-order valence-corrected chi connectivity index (χ4v) is 3.67. The molecule has 4 heteroatoms. The Labute approximate surface area is 152 Å². The van der Waals surface area contributed by atoms with Gasteiger partial charge in [-0.05, 0) is 36.0 Å². The highest BCUT2D eigenvalue weighted by atomic mass is 19.1. The number of benzene rings is 1. The van der Waals surface area contributed by atoms with E-state index in [1.54, 1.807) is 6.08 Å². The maximum atomic E-state index is 13.8. The molecule has 0 radical (unpaired) electrons. The molecule has 2 aliphatic rings. The van der Waals surface area contributed by atoms with E-state index in [1.807, 2.05) is 41.0 Å². The fraction of sp³-hybridized carbons (Fsp3) is 0.364. The van der Waals surface area contributed by atoms with Crippen LogP contribution in [0.1, 0.15) is 44.5 Å². The van der Waals surface area contributed by atoms with Crippen molar-refractivity contribution in [3.63, 3.8) is 0 Å². The first kappa shape index (κ1) is 17.0. The van der Waals surface area contributed by atoms with Gasteiger partial charge in [0.2, 0.25) is 0 Å². The SMILES string of the molecule is CC1(C)CCn2c(nc3cc(/C=C/C4=C(F)CCC=C4)ccc3c2=O)C1. The molecule has 1 aromatic heterocycles. The van der Waals surface area contributed by atoms with Gasteiger partial charge >= 0.3 is 0 Å². The van der Waals surface area contributed by atoms with Crippen LogP contribution in [0.15, 0.2) is 52.6 Å². The van der Waals surface area contributed by atoms with E-state index in [-0.39, 0.29) is 16.8 Å². The van der Waals surface area contributed by atoms with Crippen molar-refractivity contribution in [2.75, 3.05) is 0 Å². The molecule has 0 unspecified atom stereocenters. The van der Waals surface area contributed by atoms with Crippen molar-refractivity contribution in [3.8, 4) is 0 Å². The van der Waals surface area contributed by atoms with E-state index < -0.39 is 0 Å². The van der Waals surface area contributed by atoms with E-state index in [4.69, 9.17) is 4.98 Å². The highest BCUT2D eigenvalue weighted by molar-refractivity contribution is 5.80. The molecule has 4 rings (SSSR count). The summed E-state index contributed by atoms with van der Waals surface area (Å²) < 4.78 is 15.7. The molecule has 0 amide bonds. The first-order valence-electron chi connectivity index (χ1n) is 9.20. The van der Waals surface area contributed by atoms with Gasteiger partial charge in [0.05, 0.1) is 10.9 Å². The molecule has 0 fully saturated rings. The van der Waals surface area contributed by atoms with Crippen molar-refractivity contribution in [3.05, 3.63) is 69.6 Å². The number of fused-ring (bicyclic) bond motifs is 2. The normalized spacial score (nSPS) is 19.3. The molecule has 0 saturated heterocycles. The Balaban J connectivity index is 1.74. The molecule has 1 aromatic carbocycles. The van der Waals surface area contributed by atoms with Crippen molar-refractivity contribution < 1.29 is 4.39 Å². The molecule has 134 valence electrons. The summed E-state index contributed by atoms with van der Waals surface area (Å²) in [5.41, 5.74) is 2.47. The Bertz CT molecular complexity index is 1020. The van der Waals surface area contributed by atoms with Gasteiger partial charge in [-0.15, -0.1) is 0 Å². The van der Waals surface area contributed by atoms with E-state index in [2.05, 4.69) is 13.8 Å². The zero-order chi connectivity index (χ0) is 18.3. The summed E-state index contributed by atoms with van der Waals surface area (Å²) in [6, 6.07) is 5.64. The second-order valence-electron chi connectivity index (χ2n) is 7.99. The van der Waals surface area contributed by atoms with Gasteiger partial charge in [-0.2, -0.15) is 0 Å². The zero-order valence-corrected chi connectivity index (χ0v) is 15.3. The van der Waals surface area contributed by atoms with E-state index >= 15 is 0 Å². The number of rotatable bonds is 2. The lowest BCUT2D eigenvalue weighted by molar-refractivity contribution is 0.261. The number of nitrogens with zero attached hydrogens (tertiary/aromatic N) is 2. The Morgan fingerprint density at radius 2 is 2.12 bits per heavy atom. The number of hydrogen-bond donors (Lipinski definition) is 0. The van der Waals surface area contributed by atoms with Crippen LogP contribution in [0.2, 0.25) is 0 Å². The Hall–Kier alpha value is -2.49. The minimum Gasteiger partial charge on any atom is -0.296 e. The van der Waals surface area contributed by atoms with Gasteiger partial charge in [-0.1, -0.05) is 44.2 Å². The lowest BCUT2D eigenvalue weighted by atomic mass is 9.83. The Morgan fingerprint density at radius 3 is 2.92 bits per heavy atom. The summed E-state index contributed by atoms with van der Waals surface area (Å²) >= 11 is 0. The highest BCUT2D eigenvalue weighted by Gasteiger charge is 2.27. The summed E-state index contributed by atoms with van der Waals surface area (Å²) in [5.74, 6) is 0.793. The average molecular weight is 350 g/mol. The van der Waals surface area contributed by atoms with Crippen LogP contribution in [0.25, 0.3) is 17.0 Å². The number of aromatic nitrogens is 2. The van der Waals surface area contributed by atoms with Crippen LogP contribution in [-0.2, 0) is 13.0 Å². The molecule has 0 bridgehead atoms. The van der Waals surface area contributed by atoms with Crippen LogP contribution in [0.3, 0.4) is 0 Å². The van der Waals surface area contributed by atoms with Gasteiger partial charge in [-0.3, -0.25) is 9.36 Å². The predicted octanol–water partition coefficient (Wildman–Crippen LogP) is 4.96. The van der Waals surface area contributed by atoms with Gasteiger partial charge in [0.15, 0.2) is 0 Å². The topological polar surface area (TPSA) is 34.9 Å². The van der Waals surface area contributed by atoms with Crippen molar-refractivity contribution in [2.24, 2.45) is 5.41 Å². The second kappa shape index (κ2) is 6.35. The van der Waals surface area contributed by atoms with Crippen molar-refractivity contribution >= 4 is 17.0 Å². The number of hydrogen-bond acceptors (Lipinski definition) is 2. The van der Waals surface area contributed by atoms with Crippen molar-refractivity contribution in [1.82, 2.24) is 9.55 Å². The molecule has 0 spiro atoms. The predicted molar refractivity (Wildman–Crippen MR) is 104 cm³/mol. The summed E-state index contributed by atoms with van der Waals surface area (Å²) in [6.07, 6.45) is 10.5.